The molecule has 28 heavy (non-hydrogen) atoms. The number of carbonyl (C=O) groups excluding carboxylic acids is 2. The smallest absolute Gasteiger partial charge is 0.254 e. The first kappa shape index (κ1) is 20.5. The van der Waals surface area contributed by atoms with E-state index in [4.69, 9.17) is 0 Å². The van der Waals surface area contributed by atoms with Crippen molar-refractivity contribution in [2.45, 2.75) is 19.3 Å². The Kier molecular flexibility index (Phi) is 6.16. The van der Waals surface area contributed by atoms with Crippen molar-refractivity contribution >= 4 is 24.1 Å². The average molecular weight is 403 g/mol. The molecule has 1 spiro atoms. The Morgan fingerprint density at radius 1 is 0.929 bits per heavy atom. The molecule has 0 atom stereocenters. The molecule has 6 heteroatoms. The van der Waals surface area contributed by atoms with Gasteiger partial charge in [0.1, 0.15) is 5.82 Å². The zero-order valence-corrected chi connectivity index (χ0v) is 16.4. The highest BCUT2D eigenvalue weighted by Gasteiger charge is 2.38. The quantitative estimate of drug-likeness (QED) is 0.796. The molecule has 4 nitrogen and oxygen atoms in total. The van der Waals surface area contributed by atoms with Gasteiger partial charge in [-0.15, -0.1) is 12.4 Å². The number of nitrogens with one attached hydrogen (secondary N) is 1. The van der Waals surface area contributed by atoms with Gasteiger partial charge in [0.05, 0.1) is 5.56 Å². The molecule has 1 amide bonds. The second-order valence-corrected chi connectivity index (χ2v) is 7.60. The Labute approximate surface area is 170 Å². The van der Waals surface area contributed by atoms with Crippen LogP contribution in [0.2, 0.25) is 0 Å². The van der Waals surface area contributed by atoms with Crippen molar-refractivity contribution in [3.8, 4) is 0 Å². The van der Waals surface area contributed by atoms with Gasteiger partial charge < -0.3 is 10.2 Å². The van der Waals surface area contributed by atoms with Crippen LogP contribution in [0.5, 0.6) is 0 Å². The maximum absolute atomic E-state index is 13.2. The summed E-state index contributed by atoms with van der Waals surface area (Å²) >= 11 is 0. The number of benzene rings is 2. The summed E-state index contributed by atoms with van der Waals surface area (Å²) in [6, 6.07) is 12.3. The molecular formula is C22H24ClFN2O2. The summed E-state index contributed by atoms with van der Waals surface area (Å²) in [5.74, 6) is -0.742. The van der Waals surface area contributed by atoms with Crippen LogP contribution in [0.3, 0.4) is 0 Å². The van der Waals surface area contributed by atoms with Gasteiger partial charge in [0.2, 0.25) is 0 Å². The molecule has 0 saturated carbocycles. The van der Waals surface area contributed by atoms with Crippen molar-refractivity contribution in [2.24, 2.45) is 5.41 Å². The predicted molar refractivity (Wildman–Crippen MR) is 109 cm³/mol. The first-order valence-corrected chi connectivity index (χ1v) is 9.47. The van der Waals surface area contributed by atoms with Gasteiger partial charge in [-0.25, -0.2) is 4.39 Å². The van der Waals surface area contributed by atoms with Crippen molar-refractivity contribution in [3.63, 3.8) is 0 Å². The van der Waals surface area contributed by atoms with E-state index >= 15 is 0 Å². The molecule has 4 rings (SSSR count). The molecule has 2 aromatic rings. The van der Waals surface area contributed by atoms with E-state index in [1.54, 1.807) is 24.3 Å². The maximum Gasteiger partial charge on any atom is 0.254 e. The van der Waals surface area contributed by atoms with E-state index in [1.165, 1.54) is 30.7 Å². The Morgan fingerprint density at radius 2 is 1.57 bits per heavy atom. The third-order valence-electron chi connectivity index (χ3n) is 5.95. The molecule has 148 valence electrons. The van der Waals surface area contributed by atoms with Gasteiger partial charge in [-0.1, -0.05) is 18.2 Å². The fourth-order valence-corrected chi connectivity index (χ4v) is 4.20. The zero-order valence-electron chi connectivity index (χ0n) is 15.6. The lowest BCUT2D eigenvalue weighted by molar-refractivity contribution is 0.0605. The third kappa shape index (κ3) is 3.96. The number of hydrogen-bond donors (Lipinski definition) is 1. The molecular weight excluding hydrogens is 379 g/mol. The molecule has 0 bridgehead atoms. The number of ketones is 1. The number of likely N-dealkylation sites (tertiary alicyclic amines) is 1. The summed E-state index contributed by atoms with van der Waals surface area (Å²) in [7, 11) is 0. The molecule has 0 unspecified atom stereocenters. The van der Waals surface area contributed by atoms with Gasteiger partial charge in [0.15, 0.2) is 5.78 Å². The normalized spacial score (nSPS) is 18.0. The van der Waals surface area contributed by atoms with Crippen molar-refractivity contribution in [3.05, 3.63) is 71.0 Å². The van der Waals surface area contributed by atoms with E-state index in [0.717, 1.165) is 39.0 Å². The van der Waals surface area contributed by atoms with E-state index < -0.39 is 0 Å². The van der Waals surface area contributed by atoms with Crippen LogP contribution in [0.1, 0.15) is 45.5 Å². The minimum Gasteiger partial charge on any atom is -0.339 e. The first-order valence-electron chi connectivity index (χ1n) is 9.47. The van der Waals surface area contributed by atoms with E-state index in [0.29, 0.717) is 22.1 Å². The molecule has 2 fully saturated rings. The van der Waals surface area contributed by atoms with E-state index in [-0.39, 0.29) is 29.9 Å². The third-order valence-corrected chi connectivity index (χ3v) is 5.95. The lowest BCUT2D eigenvalue weighted by Crippen LogP contribution is -2.44. The maximum atomic E-state index is 13.2. The number of amides is 1. The summed E-state index contributed by atoms with van der Waals surface area (Å²) in [5.41, 5.74) is 1.51. The monoisotopic (exact) mass is 402 g/mol. The number of nitrogens with zero attached hydrogens (tertiary/aromatic N) is 1. The van der Waals surface area contributed by atoms with Crippen molar-refractivity contribution in [2.75, 3.05) is 26.2 Å². The standard InChI is InChI=1S/C22H23FN2O2.ClH/c23-17-7-5-16(6-8-17)20(26)18-3-1-2-4-19(18)21(27)25-13-10-22(11-14-25)9-12-24-15-22;/h1-8,24H,9-15H2;1H. The fourth-order valence-electron chi connectivity index (χ4n) is 4.20. The Hall–Kier alpha value is -2.24. The summed E-state index contributed by atoms with van der Waals surface area (Å²) in [4.78, 5) is 27.8. The highest BCUT2D eigenvalue weighted by molar-refractivity contribution is 6.15. The van der Waals surface area contributed by atoms with Crippen LogP contribution >= 0.6 is 12.4 Å². The van der Waals surface area contributed by atoms with Crippen LogP contribution < -0.4 is 5.32 Å². The predicted octanol–water partition coefficient (Wildman–Crippen LogP) is 3.69. The SMILES string of the molecule is Cl.O=C(c1ccc(F)cc1)c1ccccc1C(=O)N1CCC2(CCNC2)CC1. The summed E-state index contributed by atoms with van der Waals surface area (Å²) in [6.45, 7) is 3.54. The van der Waals surface area contributed by atoms with Crippen LogP contribution in [0.25, 0.3) is 0 Å². The fraction of sp³-hybridized carbons (Fsp3) is 0.364. The highest BCUT2D eigenvalue weighted by atomic mass is 35.5. The van der Waals surface area contributed by atoms with E-state index in [9.17, 15) is 14.0 Å². The molecule has 2 aliphatic rings. The molecule has 1 N–H and O–H groups in total. The number of piperidine rings is 1. The zero-order chi connectivity index (χ0) is 18.9. The van der Waals surface area contributed by atoms with Gasteiger partial charge in [0, 0.05) is 30.8 Å². The lowest BCUT2D eigenvalue weighted by atomic mass is 9.77. The van der Waals surface area contributed by atoms with Gasteiger partial charge in [-0.05, 0) is 61.6 Å². The lowest BCUT2D eigenvalue weighted by Gasteiger charge is -2.39. The van der Waals surface area contributed by atoms with Crippen molar-refractivity contribution < 1.29 is 14.0 Å². The molecule has 0 radical (unpaired) electrons. The summed E-state index contributed by atoms with van der Waals surface area (Å²) in [5, 5.41) is 3.43. The van der Waals surface area contributed by atoms with Gasteiger partial charge in [0.25, 0.3) is 5.91 Å². The number of halogens is 2. The van der Waals surface area contributed by atoms with Crippen LogP contribution in [0.4, 0.5) is 4.39 Å². The minimum absolute atomic E-state index is 0. The molecule has 2 aromatic carbocycles. The minimum atomic E-state index is -0.389. The highest BCUT2D eigenvalue weighted by Crippen LogP contribution is 2.37. The molecule has 2 saturated heterocycles. The average Bonchev–Trinajstić information content (AvgIpc) is 3.16. The summed E-state index contributed by atoms with van der Waals surface area (Å²) in [6.07, 6.45) is 3.17. The van der Waals surface area contributed by atoms with Crippen LogP contribution in [0, 0.1) is 11.2 Å². The molecule has 0 aliphatic carbocycles. The van der Waals surface area contributed by atoms with Crippen LogP contribution in [0.15, 0.2) is 48.5 Å². The molecule has 2 aliphatic heterocycles. The number of carbonyl (C=O) groups is 2. The Bertz CT molecular complexity index is 853. The van der Waals surface area contributed by atoms with Gasteiger partial charge >= 0.3 is 0 Å². The second-order valence-electron chi connectivity index (χ2n) is 7.60. The second kappa shape index (κ2) is 8.41. The number of rotatable bonds is 3. The van der Waals surface area contributed by atoms with Gasteiger partial charge in [-0.2, -0.15) is 0 Å². The molecule has 2 heterocycles. The van der Waals surface area contributed by atoms with E-state index in [2.05, 4.69) is 5.32 Å². The Balaban J connectivity index is 0.00000225. The summed E-state index contributed by atoms with van der Waals surface area (Å²) < 4.78 is 13.2. The van der Waals surface area contributed by atoms with E-state index in [1.807, 2.05) is 4.90 Å². The van der Waals surface area contributed by atoms with Gasteiger partial charge in [-0.3, -0.25) is 9.59 Å². The molecule has 0 aromatic heterocycles. The topological polar surface area (TPSA) is 49.4 Å². The van der Waals surface area contributed by atoms with Crippen molar-refractivity contribution in [1.82, 2.24) is 10.2 Å². The Morgan fingerprint density at radius 3 is 2.18 bits per heavy atom. The first-order chi connectivity index (χ1) is 13.1. The van der Waals surface area contributed by atoms with Crippen LogP contribution in [-0.2, 0) is 0 Å². The van der Waals surface area contributed by atoms with Crippen molar-refractivity contribution in [1.29, 1.82) is 0 Å². The van der Waals surface area contributed by atoms with Crippen LogP contribution in [-0.4, -0.2) is 42.8 Å². The number of hydrogen-bond acceptors (Lipinski definition) is 3. The largest absolute Gasteiger partial charge is 0.339 e.